The summed E-state index contributed by atoms with van der Waals surface area (Å²) in [5.74, 6) is -0.112. The predicted molar refractivity (Wildman–Crippen MR) is 528 cm³/mol. The zero-order valence-corrected chi connectivity index (χ0v) is 81.4. The largest absolute Gasteiger partial charge is 0.478 e. The molecule has 0 aliphatic rings. The van der Waals surface area contributed by atoms with E-state index < -0.39 is 83.7 Å². The van der Waals surface area contributed by atoms with Gasteiger partial charge in [0.15, 0.2) is 0 Å². The van der Waals surface area contributed by atoms with Crippen molar-refractivity contribution in [1.82, 2.24) is 0 Å². The first kappa shape index (κ1) is 115. The molecule has 0 amide bonds. The van der Waals surface area contributed by atoms with Gasteiger partial charge < -0.3 is 14.4 Å². The van der Waals surface area contributed by atoms with E-state index in [-0.39, 0.29) is 42.4 Å². The monoisotopic (exact) mass is 1950 g/mol. The molecule has 0 radical (unpaired) electrons. The maximum Gasteiger partial charge on any atom is 0.335 e. The fourth-order valence-corrected chi connectivity index (χ4v) is 15.3. The van der Waals surface area contributed by atoms with Gasteiger partial charge >= 0.3 is 11.9 Å². The van der Waals surface area contributed by atoms with Crippen molar-refractivity contribution >= 4 is 105 Å². The minimum absolute atomic E-state index is 0. The van der Waals surface area contributed by atoms with Crippen LogP contribution in [0, 0.1) is 76.2 Å². The van der Waals surface area contributed by atoms with Gasteiger partial charge in [0, 0.05) is 5.39 Å². The Bertz CT molecular complexity index is 6380. The highest BCUT2D eigenvalue weighted by atomic mass is 32.2. The molecule has 31 heteroatoms. The molecule has 0 fully saturated rings. The van der Waals surface area contributed by atoms with E-state index in [9.17, 15) is 64.3 Å². The lowest BCUT2D eigenvalue weighted by molar-refractivity contribution is 0.0686. The second-order valence-corrected chi connectivity index (χ2v) is 39.8. The molecule has 0 saturated heterocycles. The Hall–Kier alpha value is -12.1. The van der Waals surface area contributed by atoms with E-state index in [2.05, 4.69) is 140 Å². The van der Waals surface area contributed by atoms with Crippen LogP contribution in [0.4, 0.5) is 0 Å². The Morgan fingerprint density at radius 3 is 0.850 bits per heavy atom. The minimum atomic E-state index is -4.13. The number of aryl methyl sites for hydroxylation is 11. The lowest BCUT2D eigenvalue weighted by Crippen LogP contribution is -2.01. The Kier molecular flexibility index (Phi) is 47.5. The van der Waals surface area contributed by atoms with Crippen molar-refractivity contribution in [3.05, 3.63) is 405 Å². The fraction of sp³-hybridized carbons (Fsp3) is 0.196. The van der Waals surface area contributed by atoms with Crippen LogP contribution in [0.1, 0.15) is 153 Å². The minimum Gasteiger partial charge on any atom is -0.478 e. The highest BCUT2D eigenvalue weighted by Crippen LogP contribution is 2.26. The molecule has 0 saturated carbocycles. The first-order valence-electron chi connectivity index (χ1n) is 40.7. The summed E-state index contributed by atoms with van der Waals surface area (Å²) in [7, 11) is -24.3. The number of fused-ring (bicyclic) bond motifs is 2. The fourth-order valence-electron chi connectivity index (χ4n) is 11.2. The van der Waals surface area contributed by atoms with E-state index in [0.29, 0.717) is 33.4 Å². The maximum absolute atomic E-state index is 11.8. The van der Waals surface area contributed by atoms with Crippen molar-refractivity contribution in [1.29, 1.82) is 0 Å². The van der Waals surface area contributed by atoms with Gasteiger partial charge in [0.05, 0.1) is 40.5 Å². The van der Waals surface area contributed by atoms with Crippen LogP contribution in [0.15, 0.2) is 356 Å². The summed E-state index contributed by atoms with van der Waals surface area (Å²) < 4.78 is 196. The summed E-state index contributed by atoms with van der Waals surface area (Å²) in [6.45, 7) is 30.4. The summed E-state index contributed by atoms with van der Waals surface area (Å²) in [4.78, 5) is 21.2. The van der Waals surface area contributed by atoms with Crippen molar-refractivity contribution in [3.8, 4) is 5.75 Å². The van der Waals surface area contributed by atoms with E-state index in [1.165, 1.54) is 148 Å². The second-order valence-electron chi connectivity index (χ2n) is 30.2. The zero-order chi connectivity index (χ0) is 99.1. The van der Waals surface area contributed by atoms with Gasteiger partial charge in [-0.25, -0.2) is 13.8 Å². The van der Waals surface area contributed by atoms with Crippen LogP contribution in [-0.4, -0.2) is 104 Å². The Labute approximate surface area is 786 Å². The van der Waals surface area contributed by atoms with Gasteiger partial charge in [0.2, 0.25) is 11.1 Å². The van der Waals surface area contributed by atoms with Gasteiger partial charge in [-0.1, -0.05) is 280 Å². The predicted octanol–water partition coefficient (Wildman–Crippen LogP) is 23.9. The number of benzene rings is 14. The van der Waals surface area contributed by atoms with Crippen LogP contribution in [-0.2, 0) is 71.8 Å². The van der Waals surface area contributed by atoms with Crippen molar-refractivity contribution in [2.75, 3.05) is 0 Å². The topological polar surface area (TPSA) is 427 Å². The summed E-state index contributed by atoms with van der Waals surface area (Å²) >= 11 is -1.60. The Morgan fingerprint density at radius 2 is 0.556 bits per heavy atom. The lowest BCUT2D eigenvalue weighted by atomic mass is 9.98. The van der Waals surface area contributed by atoms with Gasteiger partial charge in [0.25, 0.3) is 60.7 Å². The van der Waals surface area contributed by atoms with Gasteiger partial charge in [-0.15, -0.1) is 0 Å². The average molecular weight is 1950 g/mol. The van der Waals surface area contributed by atoms with Gasteiger partial charge in [-0.2, -0.15) is 50.5 Å². The molecule has 0 spiro atoms. The third-order valence-corrected chi connectivity index (χ3v) is 25.4. The number of aromatic carboxylic acids is 2. The molecule has 0 aliphatic heterocycles. The molecule has 0 aromatic heterocycles. The molecule has 710 valence electrons. The summed E-state index contributed by atoms with van der Waals surface area (Å²) in [5, 5.41) is 21.3. The molecular formula is C102H116O24S7. The smallest absolute Gasteiger partial charge is 0.335 e. The molecule has 3 atom stereocenters. The van der Waals surface area contributed by atoms with E-state index in [1.807, 2.05) is 52.8 Å². The first-order valence-corrected chi connectivity index (χ1v) is 50.4. The van der Waals surface area contributed by atoms with Crippen LogP contribution in [0.25, 0.3) is 21.5 Å². The van der Waals surface area contributed by atoms with Crippen molar-refractivity contribution < 1.29 is 106 Å². The molecule has 24 nitrogen and oxygen atoms in total. The van der Waals surface area contributed by atoms with Gasteiger partial charge in [0.1, 0.15) is 10.6 Å². The van der Waals surface area contributed by atoms with E-state index in [1.54, 1.807) is 141 Å². The number of hydrogen-bond acceptors (Lipinski definition) is 16. The quantitative estimate of drug-likeness (QED) is 0.0442. The van der Waals surface area contributed by atoms with E-state index in [4.69, 9.17) is 41.7 Å². The first-order chi connectivity index (χ1) is 61.6. The third kappa shape index (κ3) is 43.0. The summed E-state index contributed by atoms with van der Waals surface area (Å²) in [6, 6.07) is 92.2. The number of carboxylic acid groups (broad SMARTS) is 2. The van der Waals surface area contributed by atoms with Crippen molar-refractivity contribution in [2.45, 2.75) is 170 Å². The number of hydrogen-bond donors (Lipinski definition) is 8. The highest BCUT2D eigenvalue weighted by molar-refractivity contribution is 7.87. The standard InChI is InChI=1S/C13H10O4S.C12H12.2C11H16.C10H8O3S.C8H10O3S.C8H8O2.4C7H8O3S.CH4/c14-13(15)10-6-8-11(9-7-10)17-18(16)12-4-2-1-3-5-12;1-9-5-3-8-12-10(2)6-4-7-11(9)12;2*1-4-10(3)11-7-5-9(2)6-8-11;11-14(12,13)10-7-3-5-8-4-1-2-6-9(8)10;1-6-3-7(2)5-8(4-6)12(9,10)11;1-6-2-4-7(5-3-6)8(9)10;4*1-6-2-4-7(5-3-6)11(8,9)10;/h1-9H,(H,14,15);3-8H,1-2H3;2*5-8,10H,4H2,1-3H3;1-7H,(H,11,12,13);3-5H,1-2H3,(H,9,10,11);2-5H,1H3,(H,9,10);4*2-5H,1H3,(H,8,9,10);1H4. The molecule has 133 heavy (non-hydrogen) atoms. The average Bonchev–Trinajstić information content (AvgIpc) is 0.801. The second kappa shape index (κ2) is 54.8. The number of carbonyl (C=O) groups is 2. The number of carboxylic acids is 2. The van der Waals surface area contributed by atoms with Crippen LogP contribution in [0.3, 0.4) is 0 Å². The molecule has 0 aliphatic carbocycles. The molecule has 0 bridgehead atoms. The molecule has 0 heterocycles. The van der Waals surface area contributed by atoms with Gasteiger partial charge in [-0.05, 0) is 266 Å². The van der Waals surface area contributed by atoms with Crippen molar-refractivity contribution in [3.63, 3.8) is 0 Å². The van der Waals surface area contributed by atoms with Gasteiger partial charge in [-0.3, -0.25) is 27.3 Å². The molecule has 14 rings (SSSR count). The van der Waals surface area contributed by atoms with Crippen molar-refractivity contribution in [2.24, 2.45) is 0 Å². The zero-order valence-electron chi connectivity index (χ0n) is 75.6. The van der Waals surface area contributed by atoms with Crippen LogP contribution < -0.4 is 4.18 Å². The van der Waals surface area contributed by atoms with Crippen LogP contribution >= 0.6 is 0 Å². The molecule has 14 aromatic carbocycles. The highest BCUT2D eigenvalue weighted by Gasteiger charge is 2.16. The molecule has 3 unspecified atom stereocenters. The lowest BCUT2D eigenvalue weighted by Gasteiger charge is -2.07. The van der Waals surface area contributed by atoms with E-state index in [0.717, 1.165) is 44.3 Å². The molecular weight excluding hydrogens is 1830 g/mol. The SMILES string of the molecule is C.CCC(C)c1ccc(C)cc1.CCC(C)c1ccc(C)cc1.Cc1cc(C)cc(S(=O)(=O)O)c1.Cc1ccc(C(=O)O)cc1.Cc1ccc(S(=O)(=O)O)cc1.Cc1ccc(S(=O)(=O)O)cc1.Cc1ccc(S(=O)(=O)O)cc1.Cc1ccc(S(=O)(=O)O)cc1.Cc1cccc2c(C)cccc12.O=C(O)c1ccc(OS(=O)c2ccccc2)cc1.O=S(=O)(O)c1cccc2ccccc12. The maximum atomic E-state index is 11.8. The summed E-state index contributed by atoms with van der Waals surface area (Å²) in [6.07, 6.45) is 2.45. The molecule has 14 aromatic rings. The van der Waals surface area contributed by atoms with Crippen LogP contribution in [0.5, 0.6) is 5.75 Å². The normalized spacial score (nSPS) is 11.5. The van der Waals surface area contributed by atoms with E-state index >= 15 is 0 Å². The van der Waals surface area contributed by atoms with Crippen LogP contribution in [0.2, 0.25) is 0 Å². The number of rotatable bonds is 15. The summed E-state index contributed by atoms with van der Waals surface area (Å²) in [5.41, 5.74) is 15.4. The third-order valence-electron chi connectivity index (χ3n) is 19.2. The molecule has 8 N–H and O–H groups in total. The Morgan fingerprint density at radius 1 is 0.293 bits per heavy atom. The Balaban J connectivity index is 0.000000378.